The Bertz CT molecular complexity index is 694. The maximum absolute atomic E-state index is 12.8. The van der Waals surface area contributed by atoms with Crippen LogP contribution in [0.5, 0.6) is 0 Å². The zero-order valence-electron chi connectivity index (χ0n) is 14.8. The van der Waals surface area contributed by atoms with E-state index in [2.05, 4.69) is 5.32 Å². The molecule has 0 bridgehead atoms. The van der Waals surface area contributed by atoms with Crippen LogP contribution < -0.4 is 5.32 Å². The van der Waals surface area contributed by atoms with E-state index >= 15 is 0 Å². The molecule has 0 aliphatic carbocycles. The lowest BCUT2D eigenvalue weighted by atomic mass is 9.97. The van der Waals surface area contributed by atoms with Gasteiger partial charge in [0.1, 0.15) is 0 Å². The van der Waals surface area contributed by atoms with Crippen molar-refractivity contribution >= 4 is 11.8 Å². The minimum atomic E-state index is -0.362. The van der Waals surface area contributed by atoms with Crippen LogP contribution in [0.2, 0.25) is 0 Å². The number of carbonyl (C=O) groups excluding carboxylic acids is 2. The zero-order valence-corrected chi connectivity index (χ0v) is 14.8. The fourth-order valence-corrected chi connectivity index (χ4v) is 3.60. The van der Waals surface area contributed by atoms with Gasteiger partial charge in [-0.25, -0.2) is 0 Å². The van der Waals surface area contributed by atoms with Crippen LogP contribution in [-0.4, -0.2) is 53.3 Å². The molecule has 5 heteroatoms. The topological polar surface area (TPSA) is 52.7 Å². The highest BCUT2D eigenvalue weighted by atomic mass is 16.2. The van der Waals surface area contributed by atoms with Gasteiger partial charge in [-0.3, -0.25) is 9.59 Å². The van der Waals surface area contributed by atoms with Gasteiger partial charge in [0, 0.05) is 25.8 Å². The summed E-state index contributed by atoms with van der Waals surface area (Å²) >= 11 is 0. The van der Waals surface area contributed by atoms with Crippen molar-refractivity contribution in [3.8, 4) is 0 Å². The molecule has 1 unspecified atom stereocenters. The molecule has 0 radical (unpaired) electrons. The number of amides is 2. The summed E-state index contributed by atoms with van der Waals surface area (Å²) in [6.07, 6.45) is 0.362. The Labute approximate surface area is 143 Å². The Balaban J connectivity index is 1.87. The van der Waals surface area contributed by atoms with Crippen molar-refractivity contribution in [1.82, 2.24) is 15.1 Å². The molecule has 2 aliphatic heterocycles. The van der Waals surface area contributed by atoms with Gasteiger partial charge in [-0.1, -0.05) is 30.3 Å². The van der Waals surface area contributed by atoms with E-state index in [0.717, 1.165) is 16.8 Å². The molecule has 0 aromatic heterocycles. The number of nitrogens with one attached hydrogen (secondary N) is 1. The molecule has 2 heterocycles. The van der Waals surface area contributed by atoms with Gasteiger partial charge in [-0.15, -0.1) is 0 Å². The number of benzene rings is 1. The first-order chi connectivity index (χ1) is 11.3. The van der Waals surface area contributed by atoms with Crippen molar-refractivity contribution < 1.29 is 9.59 Å². The minimum Gasteiger partial charge on any atom is -0.384 e. The number of hydrogen-bond acceptors (Lipinski definition) is 3. The summed E-state index contributed by atoms with van der Waals surface area (Å²) < 4.78 is 0. The first kappa shape index (κ1) is 16.6. The third-order valence-corrected chi connectivity index (χ3v) is 5.31. The molecule has 128 valence electrons. The van der Waals surface area contributed by atoms with Crippen LogP contribution in [0.4, 0.5) is 0 Å². The molecular formula is C19H25N3O2. The van der Waals surface area contributed by atoms with Crippen molar-refractivity contribution in [3.05, 3.63) is 47.2 Å². The van der Waals surface area contributed by atoms with Crippen LogP contribution in [0.1, 0.15) is 26.3 Å². The summed E-state index contributed by atoms with van der Waals surface area (Å²) in [6, 6.07) is 9.52. The van der Waals surface area contributed by atoms with Gasteiger partial charge in [0.15, 0.2) is 0 Å². The lowest BCUT2D eigenvalue weighted by Crippen LogP contribution is -2.47. The van der Waals surface area contributed by atoms with E-state index in [9.17, 15) is 9.59 Å². The number of likely N-dealkylation sites (N-methyl/N-ethyl adjacent to an activating group) is 1. The van der Waals surface area contributed by atoms with Gasteiger partial charge in [0.05, 0.1) is 23.6 Å². The Morgan fingerprint density at radius 2 is 1.96 bits per heavy atom. The van der Waals surface area contributed by atoms with Crippen LogP contribution in [0.3, 0.4) is 0 Å². The van der Waals surface area contributed by atoms with Crippen molar-refractivity contribution in [2.75, 3.05) is 20.1 Å². The van der Waals surface area contributed by atoms with Gasteiger partial charge in [-0.2, -0.15) is 0 Å². The van der Waals surface area contributed by atoms with Crippen molar-refractivity contribution in [3.63, 3.8) is 0 Å². The molecular weight excluding hydrogens is 302 g/mol. The minimum absolute atomic E-state index is 0.00871. The molecule has 2 amide bonds. The van der Waals surface area contributed by atoms with Gasteiger partial charge in [0.25, 0.3) is 5.91 Å². The smallest absolute Gasteiger partial charge is 0.254 e. The third-order valence-electron chi connectivity index (χ3n) is 5.31. The van der Waals surface area contributed by atoms with Gasteiger partial charge in [-0.05, 0) is 26.3 Å². The van der Waals surface area contributed by atoms with Crippen LogP contribution in [0.25, 0.3) is 0 Å². The van der Waals surface area contributed by atoms with E-state index in [-0.39, 0.29) is 23.4 Å². The summed E-state index contributed by atoms with van der Waals surface area (Å²) in [5.74, 6) is 0.0684. The molecule has 24 heavy (non-hydrogen) atoms. The fourth-order valence-electron chi connectivity index (χ4n) is 3.60. The van der Waals surface area contributed by atoms with Gasteiger partial charge >= 0.3 is 0 Å². The Kier molecular flexibility index (Phi) is 4.11. The third kappa shape index (κ3) is 2.58. The quantitative estimate of drug-likeness (QED) is 0.897. The van der Waals surface area contributed by atoms with Crippen LogP contribution >= 0.6 is 0 Å². The standard InChI is InChI=1S/C19H25N3O2/c1-13-16-17(19(2,3)21(4)18(16)24)20-10-11-22(13)15(23)12-14-8-6-5-7-9-14/h5-9,13,20H,10-12H2,1-4H3. The number of rotatable bonds is 2. The molecule has 2 aliphatic rings. The van der Waals surface area contributed by atoms with Crippen LogP contribution in [0.15, 0.2) is 41.6 Å². The Morgan fingerprint density at radius 1 is 1.29 bits per heavy atom. The highest BCUT2D eigenvalue weighted by Gasteiger charge is 2.47. The molecule has 0 spiro atoms. The number of hydrogen-bond donors (Lipinski definition) is 1. The van der Waals surface area contributed by atoms with E-state index < -0.39 is 0 Å². The van der Waals surface area contributed by atoms with E-state index in [1.807, 2.05) is 63.1 Å². The Hall–Kier alpha value is -2.30. The molecule has 1 aromatic rings. The molecule has 3 rings (SSSR count). The molecule has 1 aromatic carbocycles. The SMILES string of the molecule is CC1C2=C(NCCN1C(=O)Cc1ccccc1)C(C)(C)N(C)C2=O. The first-order valence-electron chi connectivity index (χ1n) is 8.44. The van der Waals surface area contributed by atoms with E-state index in [0.29, 0.717) is 19.5 Å². The second kappa shape index (κ2) is 5.96. The second-order valence-electron chi connectivity index (χ2n) is 7.06. The summed E-state index contributed by atoms with van der Waals surface area (Å²) in [6.45, 7) is 7.29. The summed E-state index contributed by atoms with van der Waals surface area (Å²) in [7, 11) is 1.82. The molecule has 0 saturated carbocycles. The highest BCUT2D eigenvalue weighted by molar-refractivity contribution is 6.00. The summed E-state index contributed by atoms with van der Waals surface area (Å²) in [4.78, 5) is 29.1. The first-order valence-corrected chi connectivity index (χ1v) is 8.44. The number of nitrogens with zero attached hydrogens (tertiary/aromatic N) is 2. The van der Waals surface area contributed by atoms with Gasteiger partial charge < -0.3 is 15.1 Å². The zero-order chi connectivity index (χ0) is 17.5. The maximum Gasteiger partial charge on any atom is 0.254 e. The maximum atomic E-state index is 12.8. The molecule has 1 N–H and O–H groups in total. The van der Waals surface area contributed by atoms with Crippen LogP contribution in [-0.2, 0) is 16.0 Å². The lowest BCUT2D eigenvalue weighted by Gasteiger charge is -2.32. The summed E-state index contributed by atoms with van der Waals surface area (Å²) in [5.41, 5.74) is 2.31. The molecule has 0 fully saturated rings. The van der Waals surface area contributed by atoms with E-state index in [1.54, 1.807) is 4.90 Å². The van der Waals surface area contributed by atoms with Gasteiger partial charge in [0.2, 0.25) is 5.91 Å². The number of carbonyl (C=O) groups is 2. The van der Waals surface area contributed by atoms with E-state index in [4.69, 9.17) is 0 Å². The normalized spacial score (nSPS) is 23.0. The monoisotopic (exact) mass is 327 g/mol. The molecule has 5 nitrogen and oxygen atoms in total. The molecule has 1 atom stereocenters. The summed E-state index contributed by atoms with van der Waals surface area (Å²) in [5, 5.41) is 3.40. The van der Waals surface area contributed by atoms with Crippen molar-refractivity contribution in [2.24, 2.45) is 0 Å². The predicted molar refractivity (Wildman–Crippen MR) is 93.2 cm³/mol. The van der Waals surface area contributed by atoms with E-state index in [1.165, 1.54) is 0 Å². The average Bonchev–Trinajstić information content (AvgIpc) is 2.69. The fraction of sp³-hybridized carbons (Fsp3) is 0.474. The second-order valence-corrected chi connectivity index (χ2v) is 7.06. The highest BCUT2D eigenvalue weighted by Crippen LogP contribution is 2.36. The van der Waals surface area contributed by atoms with Crippen molar-refractivity contribution in [2.45, 2.75) is 38.8 Å². The van der Waals surface area contributed by atoms with Crippen LogP contribution in [0, 0.1) is 0 Å². The largest absolute Gasteiger partial charge is 0.384 e. The Morgan fingerprint density at radius 3 is 2.62 bits per heavy atom. The molecule has 0 saturated heterocycles. The van der Waals surface area contributed by atoms with Crippen molar-refractivity contribution in [1.29, 1.82) is 0 Å². The lowest BCUT2D eigenvalue weighted by molar-refractivity contribution is -0.132. The predicted octanol–water partition coefficient (Wildman–Crippen LogP) is 1.55. The average molecular weight is 327 g/mol.